The van der Waals surface area contributed by atoms with E-state index in [-0.39, 0.29) is 36.1 Å². The first-order chi connectivity index (χ1) is 16.8. The van der Waals surface area contributed by atoms with Crippen molar-refractivity contribution in [3.8, 4) is 0 Å². The quantitative estimate of drug-likeness (QED) is 0.664. The van der Waals surface area contributed by atoms with E-state index in [0.717, 1.165) is 0 Å². The number of para-hydroxylation sites is 1. The number of nitrogens with one attached hydrogen (secondary N) is 2. The predicted molar refractivity (Wildman–Crippen MR) is 131 cm³/mol. The molecule has 2 heterocycles. The van der Waals surface area contributed by atoms with Crippen LogP contribution in [-0.4, -0.2) is 72.3 Å². The van der Waals surface area contributed by atoms with E-state index in [9.17, 15) is 19.2 Å². The lowest BCUT2D eigenvalue weighted by Gasteiger charge is -2.27. The fourth-order valence-corrected chi connectivity index (χ4v) is 4.27. The van der Waals surface area contributed by atoms with Crippen LogP contribution in [0, 0.1) is 5.92 Å². The molecule has 4 amide bonds. The maximum Gasteiger partial charge on any atom is 0.256 e. The molecule has 0 aliphatic carbocycles. The van der Waals surface area contributed by atoms with E-state index in [2.05, 4.69) is 10.6 Å². The largest absolute Gasteiger partial charge is 0.378 e. The van der Waals surface area contributed by atoms with Gasteiger partial charge in [-0.1, -0.05) is 12.1 Å². The fourth-order valence-electron chi connectivity index (χ4n) is 4.27. The highest BCUT2D eigenvalue weighted by Gasteiger charge is 2.35. The van der Waals surface area contributed by atoms with Crippen LogP contribution in [0.25, 0.3) is 0 Å². The molecular formula is C26H30N4O5. The first kappa shape index (κ1) is 24.4. The van der Waals surface area contributed by atoms with Gasteiger partial charge in [0.25, 0.3) is 11.8 Å². The summed E-state index contributed by atoms with van der Waals surface area (Å²) in [7, 11) is 0. The van der Waals surface area contributed by atoms with Crippen molar-refractivity contribution in [3.63, 3.8) is 0 Å². The minimum absolute atomic E-state index is 0.0143. The number of amides is 4. The molecule has 9 nitrogen and oxygen atoms in total. The van der Waals surface area contributed by atoms with Crippen LogP contribution in [0.1, 0.15) is 41.0 Å². The Hall–Kier alpha value is -3.72. The van der Waals surface area contributed by atoms with E-state index < -0.39 is 5.92 Å². The maximum atomic E-state index is 12.9. The van der Waals surface area contributed by atoms with Crippen LogP contribution in [0.4, 0.5) is 11.4 Å². The van der Waals surface area contributed by atoms with Crippen molar-refractivity contribution in [1.29, 1.82) is 0 Å². The zero-order valence-electron chi connectivity index (χ0n) is 20.0. The van der Waals surface area contributed by atoms with Crippen molar-refractivity contribution in [3.05, 3.63) is 59.7 Å². The Labute approximate surface area is 204 Å². The second kappa shape index (κ2) is 10.7. The zero-order chi connectivity index (χ0) is 24.9. The molecule has 0 saturated carbocycles. The number of likely N-dealkylation sites (tertiary alicyclic amines) is 1. The third-order valence-electron chi connectivity index (χ3n) is 6.27. The van der Waals surface area contributed by atoms with E-state index in [0.29, 0.717) is 55.3 Å². The molecule has 2 aromatic carbocycles. The highest BCUT2D eigenvalue weighted by atomic mass is 16.5. The van der Waals surface area contributed by atoms with Gasteiger partial charge in [0.15, 0.2) is 0 Å². The molecule has 2 aliphatic heterocycles. The van der Waals surface area contributed by atoms with Crippen molar-refractivity contribution >= 4 is 35.0 Å². The average molecular weight is 479 g/mol. The molecule has 1 unspecified atom stereocenters. The molecule has 2 aliphatic rings. The molecule has 2 aromatic rings. The van der Waals surface area contributed by atoms with Crippen LogP contribution in [0.2, 0.25) is 0 Å². The van der Waals surface area contributed by atoms with Crippen molar-refractivity contribution in [2.45, 2.75) is 26.3 Å². The molecule has 0 radical (unpaired) electrons. The van der Waals surface area contributed by atoms with Crippen LogP contribution < -0.4 is 10.6 Å². The summed E-state index contributed by atoms with van der Waals surface area (Å²) in [5.74, 6) is -1.13. The number of hydrogen-bond acceptors (Lipinski definition) is 5. The Morgan fingerprint density at radius 1 is 0.971 bits per heavy atom. The molecule has 184 valence electrons. The molecule has 2 saturated heterocycles. The van der Waals surface area contributed by atoms with Gasteiger partial charge in [-0.3, -0.25) is 19.2 Å². The smallest absolute Gasteiger partial charge is 0.256 e. The first-order valence-corrected chi connectivity index (χ1v) is 11.8. The van der Waals surface area contributed by atoms with Crippen LogP contribution in [0.3, 0.4) is 0 Å². The predicted octanol–water partition coefficient (Wildman–Crippen LogP) is 2.61. The number of ether oxygens (including phenoxy) is 1. The Balaban J connectivity index is 1.38. The van der Waals surface area contributed by atoms with Gasteiger partial charge in [-0.15, -0.1) is 0 Å². The first-order valence-electron chi connectivity index (χ1n) is 11.8. The second-order valence-corrected chi connectivity index (χ2v) is 9.01. The number of nitrogens with zero attached hydrogens (tertiary/aromatic N) is 2. The van der Waals surface area contributed by atoms with Crippen molar-refractivity contribution in [1.82, 2.24) is 9.80 Å². The maximum absolute atomic E-state index is 12.9. The molecule has 0 spiro atoms. The standard InChI is InChI=1S/C26H30N4O5/c1-17(2)30-16-19(15-23(30)31)25(33)27-20-9-7-18(8-10-20)24(32)28-22-6-4-3-5-21(22)26(34)29-11-13-35-14-12-29/h3-10,17,19H,11-16H2,1-2H3,(H,27,33)(H,28,32). The number of benzene rings is 2. The number of rotatable bonds is 6. The Morgan fingerprint density at radius 3 is 2.31 bits per heavy atom. The topological polar surface area (TPSA) is 108 Å². The number of hydrogen-bond donors (Lipinski definition) is 2. The normalized spacial score (nSPS) is 18.0. The molecule has 1 atom stereocenters. The van der Waals surface area contributed by atoms with Crippen LogP contribution in [-0.2, 0) is 14.3 Å². The van der Waals surface area contributed by atoms with Crippen LogP contribution in [0.15, 0.2) is 48.5 Å². The Kier molecular flexibility index (Phi) is 7.45. The second-order valence-electron chi connectivity index (χ2n) is 9.01. The summed E-state index contributed by atoms with van der Waals surface area (Å²) in [5, 5.41) is 5.65. The molecule has 0 bridgehead atoms. The van der Waals surface area contributed by atoms with E-state index >= 15 is 0 Å². The van der Waals surface area contributed by atoms with Crippen LogP contribution >= 0.6 is 0 Å². The van der Waals surface area contributed by atoms with Crippen LogP contribution in [0.5, 0.6) is 0 Å². The highest BCUT2D eigenvalue weighted by Crippen LogP contribution is 2.23. The van der Waals surface area contributed by atoms with Gasteiger partial charge in [0.1, 0.15) is 0 Å². The summed E-state index contributed by atoms with van der Waals surface area (Å²) in [6, 6.07) is 13.5. The zero-order valence-corrected chi connectivity index (χ0v) is 20.0. The SMILES string of the molecule is CC(C)N1CC(C(=O)Nc2ccc(C(=O)Nc3ccccc3C(=O)N3CCOCC3)cc2)CC1=O. The fraction of sp³-hybridized carbons (Fsp3) is 0.385. The summed E-state index contributed by atoms with van der Waals surface area (Å²) in [6.07, 6.45) is 0.201. The van der Waals surface area contributed by atoms with Gasteiger partial charge in [0.05, 0.1) is 30.4 Å². The van der Waals surface area contributed by atoms with E-state index in [1.54, 1.807) is 58.3 Å². The van der Waals surface area contributed by atoms with E-state index in [4.69, 9.17) is 4.74 Å². The average Bonchev–Trinajstić information content (AvgIpc) is 3.27. The number of carbonyl (C=O) groups is 4. The lowest BCUT2D eigenvalue weighted by atomic mass is 10.1. The minimum atomic E-state index is -0.395. The monoisotopic (exact) mass is 478 g/mol. The Morgan fingerprint density at radius 2 is 1.66 bits per heavy atom. The molecule has 4 rings (SSSR count). The Bertz CT molecular complexity index is 1110. The van der Waals surface area contributed by atoms with Gasteiger partial charge in [-0.25, -0.2) is 0 Å². The molecular weight excluding hydrogens is 448 g/mol. The molecule has 2 fully saturated rings. The van der Waals surface area contributed by atoms with Gasteiger partial charge in [0.2, 0.25) is 11.8 Å². The summed E-state index contributed by atoms with van der Waals surface area (Å²) in [5.41, 5.74) is 1.80. The van der Waals surface area contributed by atoms with Gasteiger partial charge in [-0.05, 0) is 50.2 Å². The molecule has 35 heavy (non-hydrogen) atoms. The van der Waals surface area contributed by atoms with Crippen molar-refractivity contribution < 1.29 is 23.9 Å². The lowest BCUT2D eigenvalue weighted by molar-refractivity contribution is -0.129. The van der Waals surface area contributed by atoms with Gasteiger partial charge < -0.3 is 25.2 Å². The van der Waals surface area contributed by atoms with Crippen molar-refractivity contribution in [2.24, 2.45) is 5.92 Å². The summed E-state index contributed by atoms with van der Waals surface area (Å²) in [4.78, 5) is 53.9. The van der Waals surface area contributed by atoms with Gasteiger partial charge in [0, 0.05) is 43.3 Å². The minimum Gasteiger partial charge on any atom is -0.378 e. The summed E-state index contributed by atoms with van der Waals surface area (Å²) < 4.78 is 5.31. The third kappa shape index (κ3) is 5.68. The number of morpholine rings is 1. The third-order valence-corrected chi connectivity index (χ3v) is 6.27. The lowest BCUT2D eigenvalue weighted by Crippen LogP contribution is -2.41. The molecule has 0 aromatic heterocycles. The number of carbonyl (C=O) groups excluding carboxylic acids is 4. The van der Waals surface area contributed by atoms with E-state index in [1.165, 1.54) is 0 Å². The van der Waals surface area contributed by atoms with Crippen molar-refractivity contribution in [2.75, 3.05) is 43.5 Å². The van der Waals surface area contributed by atoms with Gasteiger partial charge >= 0.3 is 0 Å². The summed E-state index contributed by atoms with van der Waals surface area (Å²) in [6.45, 7) is 6.28. The summed E-state index contributed by atoms with van der Waals surface area (Å²) >= 11 is 0. The highest BCUT2D eigenvalue weighted by molar-refractivity contribution is 6.09. The molecule has 9 heteroatoms. The van der Waals surface area contributed by atoms with Gasteiger partial charge in [-0.2, -0.15) is 0 Å². The van der Waals surface area contributed by atoms with E-state index in [1.807, 2.05) is 13.8 Å². The molecule has 2 N–H and O–H groups in total. The number of anilines is 2.